The molecule has 0 saturated carbocycles. The van der Waals surface area contributed by atoms with Crippen LogP contribution in [0.4, 0.5) is 13.2 Å². The molecule has 0 aromatic carbocycles. The summed E-state index contributed by atoms with van der Waals surface area (Å²) >= 11 is 0. The summed E-state index contributed by atoms with van der Waals surface area (Å²) < 4.78 is 35.9. The molecule has 1 saturated heterocycles. The number of piperidine rings is 1. The van der Waals surface area contributed by atoms with Gasteiger partial charge in [0, 0.05) is 12.6 Å². The van der Waals surface area contributed by atoms with E-state index in [2.05, 4.69) is 0 Å². The second-order valence-electron chi connectivity index (χ2n) is 3.70. The monoisotopic (exact) mass is 212 g/mol. The third-order valence-electron chi connectivity index (χ3n) is 2.44. The molecule has 84 valence electrons. The number of nitrogens with two attached hydrogens (primary N) is 1. The van der Waals surface area contributed by atoms with Gasteiger partial charge in [0.05, 0.1) is 0 Å². The van der Waals surface area contributed by atoms with Crippen LogP contribution in [0, 0.1) is 0 Å². The van der Waals surface area contributed by atoms with E-state index >= 15 is 0 Å². The second-order valence-corrected chi connectivity index (χ2v) is 3.70. The van der Waals surface area contributed by atoms with Crippen molar-refractivity contribution in [1.29, 1.82) is 0 Å². The molecule has 0 aromatic heterocycles. The summed E-state index contributed by atoms with van der Waals surface area (Å²) in [5, 5.41) is 8.81. The Morgan fingerprint density at radius 2 is 1.86 bits per heavy atom. The molecule has 1 fully saturated rings. The van der Waals surface area contributed by atoms with Crippen LogP contribution in [0.25, 0.3) is 0 Å². The van der Waals surface area contributed by atoms with Crippen LogP contribution in [0.2, 0.25) is 0 Å². The molecular formula is C8H15F3N2O. The highest BCUT2D eigenvalue weighted by atomic mass is 19.4. The Hall–Kier alpha value is -0.330. The number of likely N-dealkylation sites (tertiary alicyclic amines) is 1. The van der Waals surface area contributed by atoms with Crippen molar-refractivity contribution in [2.45, 2.75) is 31.2 Å². The van der Waals surface area contributed by atoms with E-state index in [1.807, 2.05) is 0 Å². The minimum absolute atomic E-state index is 0.0919. The fourth-order valence-electron chi connectivity index (χ4n) is 1.48. The first kappa shape index (κ1) is 11.7. The number of β-amino-alcohol motifs (C(OH)–C–C–N with tert-alkyl or cyclic N) is 1. The van der Waals surface area contributed by atoms with Crippen molar-refractivity contribution in [2.75, 3.05) is 19.6 Å². The maximum Gasteiger partial charge on any atom is 0.415 e. The standard InChI is InChI=1S/C8H15F3N2O/c9-8(10,11)7(14)5-13-3-1-6(12)2-4-13/h6-7,14H,1-5,12H2. The quantitative estimate of drug-likeness (QED) is 0.693. The number of aliphatic hydroxyl groups is 1. The Morgan fingerprint density at radius 1 is 1.36 bits per heavy atom. The first-order valence-electron chi connectivity index (χ1n) is 4.62. The number of alkyl halides is 3. The van der Waals surface area contributed by atoms with Crippen molar-refractivity contribution in [3.63, 3.8) is 0 Å². The van der Waals surface area contributed by atoms with E-state index in [0.717, 1.165) is 0 Å². The van der Waals surface area contributed by atoms with Crippen molar-refractivity contribution in [1.82, 2.24) is 4.90 Å². The molecule has 0 bridgehead atoms. The van der Waals surface area contributed by atoms with Gasteiger partial charge in [-0.3, -0.25) is 0 Å². The van der Waals surface area contributed by atoms with Gasteiger partial charge in [-0.25, -0.2) is 0 Å². The molecule has 1 aliphatic heterocycles. The predicted molar refractivity (Wildman–Crippen MR) is 45.7 cm³/mol. The van der Waals surface area contributed by atoms with Gasteiger partial charge in [-0.05, 0) is 25.9 Å². The van der Waals surface area contributed by atoms with Gasteiger partial charge in [-0.2, -0.15) is 13.2 Å². The third-order valence-corrected chi connectivity index (χ3v) is 2.44. The molecule has 0 aliphatic carbocycles. The van der Waals surface area contributed by atoms with Crippen molar-refractivity contribution in [2.24, 2.45) is 5.73 Å². The van der Waals surface area contributed by atoms with Gasteiger partial charge in [-0.15, -0.1) is 0 Å². The van der Waals surface area contributed by atoms with Crippen LogP contribution in [0.15, 0.2) is 0 Å². The number of hydrogen-bond donors (Lipinski definition) is 2. The summed E-state index contributed by atoms with van der Waals surface area (Å²) in [7, 11) is 0. The molecule has 14 heavy (non-hydrogen) atoms. The largest absolute Gasteiger partial charge is 0.415 e. The van der Waals surface area contributed by atoms with Crippen molar-refractivity contribution in [3.05, 3.63) is 0 Å². The first-order chi connectivity index (χ1) is 6.39. The molecule has 6 heteroatoms. The van der Waals surface area contributed by atoms with E-state index in [4.69, 9.17) is 10.8 Å². The molecule has 0 aromatic rings. The van der Waals surface area contributed by atoms with E-state index in [1.165, 1.54) is 0 Å². The molecular weight excluding hydrogens is 197 g/mol. The van der Waals surface area contributed by atoms with Crippen LogP contribution in [-0.4, -0.2) is 48.0 Å². The van der Waals surface area contributed by atoms with Crippen LogP contribution >= 0.6 is 0 Å². The van der Waals surface area contributed by atoms with E-state index in [1.54, 1.807) is 4.90 Å². The van der Waals surface area contributed by atoms with Gasteiger partial charge in [0.25, 0.3) is 0 Å². The van der Waals surface area contributed by atoms with Gasteiger partial charge in [-0.1, -0.05) is 0 Å². The fourth-order valence-corrected chi connectivity index (χ4v) is 1.48. The van der Waals surface area contributed by atoms with Gasteiger partial charge in [0.2, 0.25) is 0 Å². The lowest BCUT2D eigenvalue weighted by atomic mass is 10.1. The highest BCUT2D eigenvalue weighted by Crippen LogP contribution is 2.21. The van der Waals surface area contributed by atoms with Gasteiger partial charge < -0.3 is 15.7 Å². The number of nitrogens with zero attached hydrogens (tertiary/aromatic N) is 1. The topological polar surface area (TPSA) is 49.5 Å². The summed E-state index contributed by atoms with van der Waals surface area (Å²) in [5.41, 5.74) is 5.60. The van der Waals surface area contributed by atoms with Crippen LogP contribution in [0.1, 0.15) is 12.8 Å². The maximum absolute atomic E-state index is 12.0. The summed E-state index contributed by atoms with van der Waals surface area (Å²) in [5.74, 6) is 0. The minimum atomic E-state index is -4.51. The molecule has 1 atom stereocenters. The normalized spacial score (nSPS) is 23.8. The van der Waals surface area contributed by atoms with Crippen molar-refractivity contribution >= 4 is 0 Å². The number of halogens is 3. The molecule has 3 N–H and O–H groups in total. The fraction of sp³-hybridized carbons (Fsp3) is 1.00. The highest BCUT2D eigenvalue weighted by Gasteiger charge is 2.39. The Balaban J connectivity index is 2.31. The maximum atomic E-state index is 12.0. The lowest BCUT2D eigenvalue weighted by Crippen LogP contribution is -2.46. The number of rotatable bonds is 2. The lowest BCUT2D eigenvalue weighted by Gasteiger charge is -2.31. The highest BCUT2D eigenvalue weighted by molar-refractivity contribution is 4.77. The summed E-state index contributed by atoms with van der Waals surface area (Å²) in [6, 6.07) is 0.0919. The Kier molecular flexibility index (Phi) is 3.74. The average Bonchev–Trinajstić information content (AvgIpc) is 2.07. The first-order valence-corrected chi connectivity index (χ1v) is 4.62. The molecule has 1 heterocycles. The molecule has 1 rings (SSSR count). The molecule has 3 nitrogen and oxygen atoms in total. The number of aliphatic hydroxyl groups excluding tert-OH is 1. The zero-order valence-electron chi connectivity index (χ0n) is 7.80. The number of hydrogen-bond acceptors (Lipinski definition) is 3. The van der Waals surface area contributed by atoms with E-state index < -0.39 is 12.3 Å². The smallest absolute Gasteiger partial charge is 0.382 e. The van der Waals surface area contributed by atoms with E-state index in [0.29, 0.717) is 25.9 Å². The summed E-state index contributed by atoms with van der Waals surface area (Å²) in [6.45, 7) is 0.735. The zero-order chi connectivity index (χ0) is 10.8. The average molecular weight is 212 g/mol. The van der Waals surface area contributed by atoms with Gasteiger partial charge >= 0.3 is 6.18 Å². The molecule has 0 radical (unpaired) electrons. The lowest BCUT2D eigenvalue weighted by molar-refractivity contribution is -0.208. The summed E-state index contributed by atoms with van der Waals surface area (Å²) in [4.78, 5) is 1.60. The molecule has 1 unspecified atom stereocenters. The van der Waals surface area contributed by atoms with Crippen molar-refractivity contribution < 1.29 is 18.3 Å². The molecule has 0 amide bonds. The SMILES string of the molecule is NC1CCN(CC(O)C(F)(F)F)CC1. The molecule has 0 spiro atoms. The molecule has 1 aliphatic rings. The zero-order valence-corrected chi connectivity index (χ0v) is 7.80. The van der Waals surface area contributed by atoms with E-state index in [9.17, 15) is 13.2 Å². The Labute approximate surface area is 80.7 Å². The van der Waals surface area contributed by atoms with Crippen molar-refractivity contribution in [3.8, 4) is 0 Å². The Morgan fingerprint density at radius 3 is 2.29 bits per heavy atom. The predicted octanol–water partition coefficient (Wildman–Crippen LogP) is 0.333. The minimum Gasteiger partial charge on any atom is -0.382 e. The van der Waals surface area contributed by atoms with E-state index in [-0.39, 0.29) is 12.6 Å². The van der Waals surface area contributed by atoms with Gasteiger partial charge in [0.1, 0.15) is 0 Å². The van der Waals surface area contributed by atoms with Crippen LogP contribution in [0.3, 0.4) is 0 Å². The van der Waals surface area contributed by atoms with Crippen LogP contribution in [-0.2, 0) is 0 Å². The van der Waals surface area contributed by atoms with Crippen LogP contribution < -0.4 is 5.73 Å². The second kappa shape index (κ2) is 4.46. The van der Waals surface area contributed by atoms with Gasteiger partial charge in [0.15, 0.2) is 6.10 Å². The summed E-state index contributed by atoms with van der Waals surface area (Å²) in [6.07, 6.45) is -5.36. The van der Waals surface area contributed by atoms with Crippen LogP contribution in [0.5, 0.6) is 0 Å². The Bertz CT molecular complexity index is 178. The third kappa shape index (κ3) is 3.43.